The highest BCUT2D eigenvalue weighted by Crippen LogP contribution is 2.35. The van der Waals surface area contributed by atoms with Gasteiger partial charge >= 0.3 is 10.2 Å². The average molecular weight is 1140 g/mol. The number of aliphatic hydroxyl groups is 1. The van der Waals surface area contributed by atoms with Crippen molar-refractivity contribution in [1.82, 2.24) is 34.4 Å². The van der Waals surface area contributed by atoms with Crippen LogP contribution >= 0.6 is 11.3 Å². The van der Waals surface area contributed by atoms with E-state index in [4.69, 9.17) is 14.2 Å². The number of nitrogens with zero attached hydrogens (tertiary/aromatic N) is 5. The van der Waals surface area contributed by atoms with Crippen LogP contribution in [0, 0.1) is 24.5 Å². The van der Waals surface area contributed by atoms with Crippen LogP contribution in [0.15, 0.2) is 103 Å². The minimum absolute atomic E-state index is 0.0196. The molecular weight excluding hydrogens is 1080 g/mol. The van der Waals surface area contributed by atoms with Gasteiger partial charge in [0.15, 0.2) is 5.82 Å². The lowest BCUT2D eigenvalue weighted by Gasteiger charge is -2.35. The summed E-state index contributed by atoms with van der Waals surface area (Å²) in [5.41, 5.74) is 5.32. The second-order valence-corrected chi connectivity index (χ2v) is 22.6. The van der Waals surface area contributed by atoms with Gasteiger partial charge in [-0.15, -0.1) is 11.3 Å². The van der Waals surface area contributed by atoms with Crippen molar-refractivity contribution < 1.29 is 60.1 Å². The Bertz CT molecular complexity index is 3600. The highest BCUT2D eigenvalue weighted by atomic mass is 32.2. The molecule has 0 radical (unpaired) electrons. The number of fused-ring (bicyclic) bond motifs is 2. The fourth-order valence-electron chi connectivity index (χ4n) is 10.3. The zero-order valence-corrected chi connectivity index (χ0v) is 45.4. The average Bonchev–Trinajstić information content (AvgIpc) is 4.40. The van der Waals surface area contributed by atoms with E-state index in [1.54, 1.807) is 59.1 Å². The number of halogens is 3. The number of aliphatic hydroxyl groups excluding tert-OH is 1. The van der Waals surface area contributed by atoms with Crippen LogP contribution < -0.4 is 19.5 Å². The van der Waals surface area contributed by atoms with E-state index in [0.29, 0.717) is 33.8 Å². The molecule has 4 aromatic carbocycles. The zero-order chi connectivity index (χ0) is 56.4. The molecule has 7 aromatic rings. The maximum atomic E-state index is 15.8. The molecule has 3 aliphatic heterocycles. The first-order valence-corrected chi connectivity index (χ1v) is 28.3. The van der Waals surface area contributed by atoms with E-state index < -0.39 is 81.6 Å². The second-order valence-electron chi connectivity index (χ2n) is 20.1. The Morgan fingerprint density at radius 3 is 2.41 bits per heavy atom. The number of ketones is 1. The Kier molecular flexibility index (Phi) is 16.4. The van der Waals surface area contributed by atoms with Gasteiger partial charge in [-0.2, -0.15) is 12.7 Å². The summed E-state index contributed by atoms with van der Waals surface area (Å²) < 4.78 is 91.3. The number of pyridine rings is 1. The van der Waals surface area contributed by atoms with Gasteiger partial charge in [0.2, 0.25) is 17.6 Å². The van der Waals surface area contributed by atoms with Crippen LogP contribution in [-0.4, -0.2) is 137 Å². The van der Waals surface area contributed by atoms with E-state index in [2.05, 4.69) is 20.3 Å². The number of hydrogen-bond acceptors (Lipinski definition) is 13. The van der Waals surface area contributed by atoms with Crippen LogP contribution in [0.25, 0.3) is 32.6 Å². The summed E-state index contributed by atoms with van der Waals surface area (Å²) in [6.07, 6.45) is 0.562. The van der Waals surface area contributed by atoms with Gasteiger partial charge in [0, 0.05) is 79.2 Å². The van der Waals surface area contributed by atoms with Crippen molar-refractivity contribution in [2.75, 3.05) is 50.8 Å². The van der Waals surface area contributed by atoms with Gasteiger partial charge in [0.1, 0.15) is 54.4 Å². The van der Waals surface area contributed by atoms with Crippen molar-refractivity contribution in [3.05, 3.63) is 148 Å². The summed E-state index contributed by atoms with van der Waals surface area (Å²) in [6.45, 7) is 6.16. The number of anilines is 1. The number of thiazole rings is 1. The van der Waals surface area contributed by atoms with Crippen LogP contribution in [0.5, 0.6) is 11.5 Å². The van der Waals surface area contributed by atoms with E-state index in [1.807, 2.05) is 55.8 Å². The number of aromatic amines is 1. The minimum Gasteiger partial charge on any atom is -0.491 e. The van der Waals surface area contributed by atoms with Crippen molar-refractivity contribution in [3.8, 4) is 33.1 Å². The monoisotopic (exact) mass is 1130 g/mol. The van der Waals surface area contributed by atoms with E-state index >= 15 is 8.78 Å². The lowest BCUT2D eigenvalue weighted by Crippen LogP contribution is -2.55. The number of likely N-dealkylation sites (tertiary alicyclic amines) is 1. The molecule has 18 nitrogen and oxygen atoms in total. The number of carbonyl (C=O) groups excluding carboxylic acids is 4. The number of β-amino-alcohol motifs (C(OH)–C–C–N with tert-alkyl or cyclic N) is 1. The number of ether oxygens (including phenoxy) is 3. The number of aryl methyl sites for hydroxylation is 1. The summed E-state index contributed by atoms with van der Waals surface area (Å²) in [4.78, 5) is 71.0. The van der Waals surface area contributed by atoms with E-state index in [9.17, 15) is 37.1 Å². The first-order chi connectivity index (χ1) is 38.4. The molecule has 0 unspecified atom stereocenters. The summed E-state index contributed by atoms with van der Waals surface area (Å²) in [7, 11) is -4.39. The van der Waals surface area contributed by atoms with E-state index in [-0.39, 0.29) is 93.9 Å². The normalized spacial score (nSPS) is 17.8. The predicted octanol–water partition coefficient (Wildman–Crippen LogP) is 7.60. The molecule has 4 N–H and O–H groups in total. The topological polar surface area (TPSA) is 226 Å². The molecule has 418 valence electrons. The number of carbonyl (C=O) groups is 4. The molecule has 0 bridgehead atoms. The molecule has 10 rings (SSSR count). The molecule has 2 fully saturated rings. The summed E-state index contributed by atoms with van der Waals surface area (Å²) in [5.74, 6) is -3.99. The molecule has 3 aromatic heterocycles. The molecule has 6 heterocycles. The first-order valence-electron chi connectivity index (χ1n) is 26.0. The lowest BCUT2D eigenvalue weighted by atomic mass is 10.00. The van der Waals surface area contributed by atoms with Crippen LogP contribution in [-0.2, 0) is 37.6 Å². The second kappa shape index (κ2) is 23.6. The van der Waals surface area contributed by atoms with Gasteiger partial charge in [-0.3, -0.25) is 23.9 Å². The maximum Gasteiger partial charge on any atom is 0.301 e. The molecule has 0 spiro atoms. The molecule has 3 aliphatic rings. The Morgan fingerprint density at radius 1 is 0.925 bits per heavy atom. The number of nitrogens with one attached hydrogen (secondary N) is 3. The van der Waals surface area contributed by atoms with Crippen LogP contribution in [0.1, 0.15) is 69.8 Å². The number of rotatable bonds is 21. The standard InChI is InChI=1S/C57H57F3N8O10S2/c1-32(2)51(68-28-37-6-4-5-7-42(37)56(68)72)57(73)67-30-40(69)24-47(67)55(71)63-25-36-9-8-35(53-33(3)64-31-79-53)23-48(36)78-21-19-76-18-20-77-41-12-10-34(11-13-41)38-22-43-44(27-62-54(43)61-26-38)52(70)49-45(59)14-15-46(50(49)60)65-80(74,75)66-17-16-39(58)29-66/h4-15,22-23,26-27,31-32,39-40,47,51,65,69H,16-21,24-25,28-30H2,1-3H3,(H,61,62)(H,63,71)/t39-,40-,47+,51+/m1/s1. The summed E-state index contributed by atoms with van der Waals surface area (Å²) in [5, 5.41) is 14.0. The maximum absolute atomic E-state index is 15.8. The molecule has 4 atom stereocenters. The van der Waals surface area contributed by atoms with Crippen molar-refractivity contribution in [2.24, 2.45) is 5.92 Å². The molecule has 0 saturated carbocycles. The molecule has 23 heteroatoms. The summed E-state index contributed by atoms with van der Waals surface area (Å²) >= 11 is 1.49. The fraction of sp³-hybridized carbons (Fsp3) is 0.333. The number of benzene rings is 4. The van der Waals surface area contributed by atoms with Gasteiger partial charge in [0.25, 0.3) is 5.91 Å². The Balaban J connectivity index is 0.730. The summed E-state index contributed by atoms with van der Waals surface area (Å²) in [6, 6.07) is 21.4. The van der Waals surface area contributed by atoms with E-state index in [1.165, 1.54) is 22.4 Å². The van der Waals surface area contributed by atoms with Crippen molar-refractivity contribution in [1.29, 1.82) is 0 Å². The number of alkyl halides is 1. The SMILES string of the molecule is Cc1ncsc1-c1ccc(CNC(=O)[C@@H]2C[C@@H](O)CN2C(=O)[C@H](C(C)C)N2Cc3ccccc3C2=O)c(OCCOCCOc2ccc(-c3cnc4[nH]cc(C(=O)c5c(F)ccc(NS(=O)(=O)N6CC[C@@H](F)C6)c5F)c4c3)cc2)c1. The Hall–Kier alpha value is -7.70. The largest absolute Gasteiger partial charge is 0.491 e. The number of H-pyrrole nitrogens is 1. The molecular formula is C57H57F3N8O10S2. The smallest absolute Gasteiger partial charge is 0.301 e. The lowest BCUT2D eigenvalue weighted by molar-refractivity contribution is -0.143. The van der Waals surface area contributed by atoms with Crippen molar-refractivity contribution in [2.45, 2.75) is 71.1 Å². The third-order valence-electron chi connectivity index (χ3n) is 14.4. The van der Waals surface area contributed by atoms with Gasteiger partial charge < -0.3 is 39.4 Å². The Labute approximate surface area is 463 Å². The quantitative estimate of drug-likeness (QED) is 0.0403. The van der Waals surface area contributed by atoms with Gasteiger partial charge in [-0.25, -0.2) is 23.1 Å². The van der Waals surface area contributed by atoms with Crippen molar-refractivity contribution >= 4 is 61.8 Å². The van der Waals surface area contributed by atoms with Crippen LogP contribution in [0.3, 0.4) is 0 Å². The predicted molar refractivity (Wildman–Crippen MR) is 292 cm³/mol. The molecule has 2 saturated heterocycles. The van der Waals surface area contributed by atoms with E-state index in [0.717, 1.165) is 38.1 Å². The third-order valence-corrected chi connectivity index (χ3v) is 16.9. The van der Waals surface area contributed by atoms with Crippen LogP contribution in [0.2, 0.25) is 0 Å². The van der Waals surface area contributed by atoms with Crippen LogP contribution in [0.4, 0.5) is 18.9 Å². The van der Waals surface area contributed by atoms with Gasteiger partial charge in [-0.1, -0.05) is 56.3 Å². The minimum atomic E-state index is -4.39. The third kappa shape index (κ3) is 11.6. The molecule has 80 heavy (non-hydrogen) atoms. The highest BCUT2D eigenvalue weighted by Gasteiger charge is 2.46. The molecule has 3 amide bonds. The molecule has 0 aliphatic carbocycles. The Morgan fingerprint density at radius 2 is 1.69 bits per heavy atom. The number of hydrogen-bond donors (Lipinski definition) is 4. The van der Waals surface area contributed by atoms with Gasteiger partial charge in [0.05, 0.1) is 46.7 Å². The first kappa shape index (κ1) is 55.6. The fourth-order valence-corrected chi connectivity index (χ4v) is 12.4. The highest BCUT2D eigenvalue weighted by molar-refractivity contribution is 7.90. The van der Waals surface area contributed by atoms with Crippen molar-refractivity contribution in [3.63, 3.8) is 0 Å². The number of amides is 3. The zero-order valence-electron chi connectivity index (χ0n) is 43.8. The number of aromatic nitrogens is 3. The van der Waals surface area contributed by atoms with Gasteiger partial charge in [-0.05, 0) is 78.4 Å².